The lowest BCUT2D eigenvalue weighted by Crippen LogP contribution is -2.36. The van der Waals surface area contributed by atoms with Gasteiger partial charge in [-0.15, -0.1) is 0 Å². The third kappa shape index (κ3) is 4.19. The molecule has 0 aliphatic heterocycles. The molecule has 7 heteroatoms. The van der Waals surface area contributed by atoms with Gasteiger partial charge in [-0.05, 0) is 64.9 Å². The summed E-state index contributed by atoms with van der Waals surface area (Å²) in [6, 6.07) is 6.92. The molecule has 0 bridgehead atoms. The molecule has 7 nitrogen and oxygen atoms in total. The second-order valence-electron chi connectivity index (χ2n) is 8.18. The number of pyridine rings is 1. The lowest BCUT2D eigenvalue weighted by molar-refractivity contribution is 0.221. The first-order valence-corrected chi connectivity index (χ1v) is 10.5. The lowest BCUT2D eigenvalue weighted by atomic mass is 9.91. The fourth-order valence-electron chi connectivity index (χ4n) is 4.31. The minimum Gasteiger partial charge on any atom is -0.365 e. The predicted octanol–water partition coefficient (Wildman–Crippen LogP) is 3.02. The van der Waals surface area contributed by atoms with Crippen LogP contribution in [0.25, 0.3) is 11.0 Å². The molecule has 0 saturated heterocycles. The van der Waals surface area contributed by atoms with E-state index < -0.39 is 0 Å². The van der Waals surface area contributed by atoms with Gasteiger partial charge in [0.05, 0.1) is 0 Å². The van der Waals surface area contributed by atoms with Crippen molar-refractivity contribution in [1.82, 2.24) is 24.4 Å². The van der Waals surface area contributed by atoms with E-state index in [9.17, 15) is 4.79 Å². The maximum Gasteiger partial charge on any atom is 0.255 e. The Morgan fingerprint density at radius 1 is 1.28 bits per heavy atom. The van der Waals surface area contributed by atoms with Crippen LogP contribution in [0.15, 0.2) is 35.4 Å². The quantitative estimate of drug-likeness (QED) is 0.672. The normalized spacial score (nSPS) is 19.7. The zero-order chi connectivity index (χ0) is 20.4. The first kappa shape index (κ1) is 19.6. The summed E-state index contributed by atoms with van der Waals surface area (Å²) in [7, 11) is 4.30. The molecule has 29 heavy (non-hydrogen) atoms. The molecular weight excluding hydrogens is 364 g/mol. The summed E-state index contributed by atoms with van der Waals surface area (Å²) < 4.78 is 1.75. The molecule has 1 aliphatic rings. The Kier molecular flexibility index (Phi) is 5.67. The van der Waals surface area contributed by atoms with E-state index in [1.54, 1.807) is 4.57 Å². The Morgan fingerprint density at radius 3 is 2.72 bits per heavy atom. The van der Waals surface area contributed by atoms with Crippen molar-refractivity contribution in [2.24, 2.45) is 0 Å². The Bertz CT molecular complexity index is 1020. The SMILES string of the molecule is CCn1c(=O)c(Cc2ccc[nH]2)cc2cnc(NC3CCC(N(C)C)CC3)nc21. The van der Waals surface area contributed by atoms with Gasteiger partial charge in [-0.25, -0.2) is 4.98 Å². The average molecular weight is 395 g/mol. The first-order chi connectivity index (χ1) is 14.0. The van der Waals surface area contributed by atoms with Gasteiger partial charge in [-0.1, -0.05) is 0 Å². The van der Waals surface area contributed by atoms with Crippen LogP contribution in [0.4, 0.5) is 5.95 Å². The summed E-state index contributed by atoms with van der Waals surface area (Å²) in [6.45, 7) is 2.56. The van der Waals surface area contributed by atoms with Crippen LogP contribution < -0.4 is 10.9 Å². The smallest absolute Gasteiger partial charge is 0.255 e. The second-order valence-corrected chi connectivity index (χ2v) is 8.18. The summed E-state index contributed by atoms with van der Waals surface area (Å²) in [6.07, 6.45) is 8.87. The molecule has 3 aromatic rings. The highest BCUT2D eigenvalue weighted by molar-refractivity contribution is 5.76. The fourth-order valence-corrected chi connectivity index (χ4v) is 4.31. The van der Waals surface area contributed by atoms with Gasteiger partial charge in [0.1, 0.15) is 5.65 Å². The summed E-state index contributed by atoms with van der Waals surface area (Å²) >= 11 is 0. The fraction of sp³-hybridized carbons (Fsp3) is 0.500. The third-order valence-electron chi connectivity index (χ3n) is 6.02. The molecule has 1 aliphatic carbocycles. The van der Waals surface area contributed by atoms with Gasteiger partial charge in [-0.2, -0.15) is 4.98 Å². The van der Waals surface area contributed by atoms with Crippen LogP contribution in [0.5, 0.6) is 0 Å². The molecule has 3 heterocycles. The van der Waals surface area contributed by atoms with Crippen molar-refractivity contribution in [2.75, 3.05) is 19.4 Å². The van der Waals surface area contributed by atoms with Gasteiger partial charge in [0.25, 0.3) is 5.56 Å². The van der Waals surface area contributed by atoms with Crippen LogP contribution >= 0.6 is 0 Å². The highest BCUT2D eigenvalue weighted by Crippen LogP contribution is 2.24. The van der Waals surface area contributed by atoms with Crippen molar-refractivity contribution in [2.45, 2.75) is 57.7 Å². The molecule has 0 spiro atoms. The van der Waals surface area contributed by atoms with Crippen LogP contribution in [0.2, 0.25) is 0 Å². The zero-order valence-electron chi connectivity index (χ0n) is 17.5. The number of nitrogens with zero attached hydrogens (tertiary/aromatic N) is 4. The molecule has 0 amide bonds. The Labute approximate surface area is 171 Å². The number of hydrogen-bond donors (Lipinski definition) is 2. The van der Waals surface area contributed by atoms with Gasteiger partial charge in [0.2, 0.25) is 5.95 Å². The molecule has 0 unspecified atom stereocenters. The largest absolute Gasteiger partial charge is 0.365 e. The number of hydrogen-bond acceptors (Lipinski definition) is 5. The highest BCUT2D eigenvalue weighted by Gasteiger charge is 2.23. The first-order valence-electron chi connectivity index (χ1n) is 10.5. The molecule has 2 N–H and O–H groups in total. The maximum absolute atomic E-state index is 13.0. The number of fused-ring (bicyclic) bond motifs is 1. The van der Waals surface area contributed by atoms with Gasteiger partial charge >= 0.3 is 0 Å². The van der Waals surface area contributed by atoms with Crippen molar-refractivity contribution in [3.63, 3.8) is 0 Å². The van der Waals surface area contributed by atoms with E-state index in [0.717, 1.165) is 29.5 Å². The monoisotopic (exact) mass is 394 g/mol. The van der Waals surface area contributed by atoms with Crippen LogP contribution in [-0.2, 0) is 13.0 Å². The van der Waals surface area contributed by atoms with Crippen LogP contribution in [0.1, 0.15) is 43.9 Å². The Morgan fingerprint density at radius 2 is 2.07 bits per heavy atom. The Balaban J connectivity index is 1.58. The molecule has 0 radical (unpaired) electrons. The minimum atomic E-state index is 0.0192. The second kappa shape index (κ2) is 8.37. The number of nitrogens with one attached hydrogen (secondary N) is 2. The summed E-state index contributed by atoms with van der Waals surface area (Å²) in [5.41, 5.74) is 2.50. The molecule has 154 valence electrons. The van der Waals surface area contributed by atoms with Gasteiger partial charge < -0.3 is 15.2 Å². The summed E-state index contributed by atoms with van der Waals surface area (Å²) in [5.74, 6) is 0.615. The van der Waals surface area contributed by atoms with E-state index in [1.807, 2.05) is 37.5 Å². The van der Waals surface area contributed by atoms with E-state index >= 15 is 0 Å². The third-order valence-corrected chi connectivity index (χ3v) is 6.02. The summed E-state index contributed by atoms with van der Waals surface area (Å²) in [5, 5.41) is 4.39. The molecular formula is C22H30N6O. The van der Waals surface area contributed by atoms with E-state index in [-0.39, 0.29) is 5.56 Å². The van der Waals surface area contributed by atoms with Crippen LogP contribution in [0.3, 0.4) is 0 Å². The standard InChI is InChI=1S/C22H30N6O/c1-4-28-20-16(12-15(21(28)29)13-18-6-5-11-23-18)14-24-22(26-20)25-17-7-9-19(10-8-17)27(2)3/h5-6,11-12,14,17,19,23H,4,7-10,13H2,1-3H3,(H,24,25,26). The van der Waals surface area contributed by atoms with Crippen molar-refractivity contribution < 1.29 is 0 Å². The van der Waals surface area contributed by atoms with E-state index in [0.29, 0.717) is 36.6 Å². The van der Waals surface area contributed by atoms with E-state index in [4.69, 9.17) is 4.98 Å². The van der Waals surface area contributed by atoms with Crippen molar-refractivity contribution in [1.29, 1.82) is 0 Å². The molecule has 3 aromatic heterocycles. The van der Waals surface area contributed by atoms with Gasteiger partial charge in [0, 0.05) is 54.1 Å². The molecule has 4 rings (SSSR count). The van der Waals surface area contributed by atoms with Crippen molar-refractivity contribution in [3.05, 3.63) is 52.2 Å². The summed E-state index contributed by atoms with van der Waals surface area (Å²) in [4.78, 5) is 27.7. The zero-order valence-corrected chi connectivity index (χ0v) is 17.5. The van der Waals surface area contributed by atoms with Crippen molar-refractivity contribution >= 4 is 17.0 Å². The van der Waals surface area contributed by atoms with E-state index in [1.165, 1.54) is 12.8 Å². The minimum absolute atomic E-state index is 0.0192. The predicted molar refractivity (Wildman–Crippen MR) is 116 cm³/mol. The molecule has 0 atom stereocenters. The number of anilines is 1. The number of aromatic nitrogens is 4. The maximum atomic E-state index is 13.0. The van der Waals surface area contributed by atoms with Crippen LogP contribution in [-0.4, -0.2) is 50.6 Å². The van der Waals surface area contributed by atoms with E-state index in [2.05, 4.69) is 34.3 Å². The Hall–Kier alpha value is -2.67. The van der Waals surface area contributed by atoms with Crippen molar-refractivity contribution in [3.8, 4) is 0 Å². The van der Waals surface area contributed by atoms with Gasteiger partial charge in [-0.3, -0.25) is 9.36 Å². The van der Waals surface area contributed by atoms with Gasteiger partial charge in [0.15, 0.2) is 0 Å². The molecule has 0 aromatic carbocycles. The lowest BCUT2D eigenvalue weighted by Gasteiger charge is -2.32. The number of aryl methyl sites for hydroxylation is 1. The number of rotatable bonds is 6. The molecule has 1 saturated carbocycles. The number of aromatic amines is 1. The van der Waals surface area contributed by atoms with Crippen LogP contribution in [0, 0.1) is 0 Å². The number of H-pyrrole nitrogens is 1. The average Bonchev–Trinajstić information content (AvgIpc) is 3.22. The molecule has 1 fully saturated rings. The highest BCUT2D eigenvalue weighted by atomic mass is 16.1. The topological polar surface area (TPSA) is 78.8 Å².